The molecule has 2 aromatic heterocycles. The van der Waals surface area contributed by atoms with E-state index in [0.717, 1.165) is 12.1 Å². The zero-order chi connectivity index (χ0) is 18.8. The number of rotatable bonds is 4. The van der Waals surface area contributed by atoms with E-state index < -0.39 is 24.4 Å². The fraction of sp³-hybridized carbons (Fsp3) is 0.111. The van der Waals surface area contributed by atoms with Gasteiger partial charge in [0.15, 0.2) is 11.4 Å². The number of terminal acetylenes is 1. The van der Waals surface area contributed by atoms with Crippen molar-refractivity contribution in [1.82, 2.24) is 9.38 Å². The first-order valence-electron chi connectivity index (χ1n) is 7.36. The molecule has 0 spiro atoms. The molecule has 26 heavy (non-hydrogen) atoms. The fourth-order valence-electron chi connectivity index (χ4n) is 2.42. The first kappa shape index (κ1) is 17.2. The van der Waals surface area contributed by atoms with Crippen molar-refractivity contribution < 1.29 is 28.2 Å². The molecule has 0 aliphatic rings. The third-order valence-electron chi connectivity index (χ3n) is 3.59. The summed E-state index contributed by atoms with van der Waals surface area (Å²) in [7, 11) is 0. The van der Waals surface area contributed by atoms with Crippen LogP contribution in [0.2, 0.25) is 0 Å². The van der Waals surface area contributed by atoms with Gasteiger partial charge in [-0.25, -0.2) is 18.6 Å². The number of carboxylic acid groups (broad SMARTS) is 1. The van der Waals surface area contributed by atoms with Crippen LogP contribution in [0.1, 0.15) is 16.8 Å². The summed E-state index contributed by atoms with van der Waals surface area (Å²) in [4.78, 5) is 15.1. The van der Waals surface area contributed by atoms with Crippen molar-refractivity contribution in [2.75, 3.05) is 0 Å². The van der Waals surface area contributed by atoms with Crippen LogP contribution >= 0.6 is 0 Å². The van der Waals surface area contributed by atoms with Gasteiger partial charge in [-0.05, 0) is 19.1 Å². The maximum absolute atomic E-state index is 13.8. The number of aromatic nitrogens is 2. The van der Waals surface area contributed by atoms with Gasteiger partial charge in [0.2, 0.25) is 5.88 Å². The van der Waals surface area contributed by atoms with E-state index in [2.05, 4.69) is 10.9 Å². The molecule has 0 aliphatic heterocycles. The minimum Gasteiger partial charge on any atom is -0.485 e. The van der Waals surface area contributed by atoms with E-state index in [0.29, 0.717) is 5.56 Å². The SMILES string of the molecule is C#Cc1cc(OCc2c(F)cccc2F)c2nc(C)c(OC(=O)O)n2c1. The number of nitrogens with zero attached hydrogens (tertiary/aromatic N) is 2. The molecule has 6 nitrogen and oxygen atoms in total. The van der Waals surface area contributed by atoms with Crippen LogP contribution in [0.15, 0.2) is 30.5 Å². The van der Waals surface area contributed by atoms with Crippen LogP contribution in [0.3, 0.4) is 0 Å². The Morgan fingerprint density at radius 2 is 2.08 bits per heavy atom. The number of hydrogen-bond donors (Lipinski definition) is 1. The van der Waals surface area contributed by atoms with Gasteiger partial charge in [-0.3, -0.25) is 4.40 Å². The smallest absolute Gasteiger partial charge is 0.485 e. The maximum Gasteiger partial charge on any atom is 0.512 e. The average Bonchev–Trinajstić information content (AvgIpc) is 2.89. The molecule has 8 heteroatoms. The third kappa shape index (κ3) is 3.15. The summed E-state index contributed by atoms with van der Waals surface area (Å²) in [5.74, 6) is 0.979. The van der Waals surface area contributed by atoms with E-state index in [9.17, 15) is 13.6 Å². The summed E-state index contributed by atoms with van der Waals surface area (Å²) in [5.41, 5.74) is 0.578. The number of ether oxygens (including phenoxy) is 2. The summed E-state index contributed by atoms with van der Waals surface area (Å²) >= 11 is 0. The highest BCUT2D eigenvalue weighted by Crippen LogP contribution is 2.29. The monoisotopic (exact) mass is 358 g/mol. The van der Waals surface area contributed by atoms with Crippen LogP contribution in [0, 0.1) is 30.9 Å². The van der Waals surface area contributed by atoms with Gasteiger partial charge in [0.05, 0.1) is 5.56 Å². The van der Waals surface area contributed by atoms with Crippen LogP contribution in [-0.2, 0) is 6.61 Å². The Labute approximate surface area is 146 Å². The Morgan fingerprint density at radius 3 is 2.69 bits per heavy atom. The van der Waals surface area contributed by atoms with Crippen LogP contribution in [0.4, 0.5) is 13.6 Å². The number of halogens is 2. The Morgan fingerprint density at radius 1 is 1.38 bits per heavy atom. The molecule has 0 unspecified atom stereocenters. The van der Waals surface area contributed by atoms with Gasteiger partial charge >= 0.3 is 6.16 Å². The Kier molecular flexibility index (Phi) is 4.45. The lowest BCUT2D eigenvalue weighted by molar-refractivity contribution is 0.141. The molecule has 0 saturated heterocycles. The molecule has 0 amide bonds. The molecule has 0 radical (unpaired) electrons. The van der Waals surface area contributed by atoms with Crippen LogP contribution in [0.25, 0.3) is 5.65 Å². The molecule has 3 aromatic rings. The lowest BCUT2D eigenvalue weighted by Gasteiger charge is -2.10. The zero-order valence-electron chi connectivity index (χ0n) is 13.5. The molecule has 0 saturated carbocycles. The van der Waals surface area contributed by atoms with Gasteiger partial charge in [0, 0.05) is 17.8 Å². The lowest BCUT2D eigenvalue weighted by atomic mass is 10.2. The second kappa shape index (κ2) is 6.72. The van der Waals surface area contributed by atoms with Gasteiger partial charge < -0.3 is 14.6 Å². The largest absolute Gasteiger partial charge is 0.512 e. The summed E-state index contributed by atoms with van der Waals surface area (Å²) in [6.45, 7) is 1.14. The molecule has 1 N–H and O–H groups in total. The summed E-state index contributed by atoms with van der Waals surface area (Å²) < 4.78 is 39.1. The van der Waals surface area contributed by atoms with Crippen molar-refractivity contribution in [3.8, 4) is 24.0 Å². The van der Waals surface area contributed by atoms with E-state index in [1.165, 1.54) is 22.7 Å². The van der Waals surface area contributed by atoms with Crippen molar-refractivity contribution in [2.24, 2.45) is 0 Å². The Bertz CT molecular complexity index is 1030. The standard InChI is InChI=1S/C18H12F2N2O4/c1-3-11-7-15(25-9-12-13(19)5-4-6-14(12)20)16-21-10(2)17(22(16)8-11)26-18(23)24/h1,4-8H,9H2,2H3,(H,23,24). The molecule has 0 fully saturated rings. The number of fused-ring (bicyclic) bond motifs is 1. The van der Waals surface area contributed by atoms with E-state index in [4.69, 9.17) is 21.0 Å². The highest BCUT2D eigenvalue weighted by atomic mass is 19.1. The highest BCUT2D eigenvalue weighted by Gasteiger charge is 2.18. The minimum absolute atomic E-state index is 0.0495. The Balaban J connectivity index is 2.05. The minimum atomic E-state index is -1.52. The quantitative estimate of drug-likeness (QED) is 0.570. The Hall–Kier alpha value is -3.60. The number of pyridine rings is 1. The molecule has 1 aromatic carbocycles. The number of benzene rings is 1. The number of carbonyl (C=O) groups is 1. The summed E-state index contributed by atoms with van der Waals surface area (Å²) in [5, 5.41) is 8.86. The van der Waals surface area contributed by atoms with Gasteiger partial charge in [0.25, 0.3) is 0 Å². The van der Waals surface area contributed by atoms with E-state index in [-0.39, 0.29) is 28.5 Å². The second-order valence-electron chi connectivity index (χ2n) is 5.29. The first-order valence-corrected chi connectivity index (χ1v) is 7.36. The van der Waals surface area contributed by atoms with Crippen molar-refractivity contribution in [1.29, 1.82) is 0 Å². The average molecular weight is 358 g/mol. The van der Waals surface area contributed by atoms with Gasteiger partial charge in [-0.2, -0.15) is 0 Å². The number of aryl methyl sites for hydroxylation is 1. The van der Waals surface area contributed by atoms with Crippen LogP contribution in [-0.4, -0.2) is 20.6 Å². The predicted octanol–water partition coefficient (Wildman–Crippen LogP) is 3.54. The van der Waals surface area contributed by atoms with Crippen molar-refractivity contribution >= 4 is 11.8 Å². The molecule has 0 aliphatic carbocycles. The first-order chi connectivity index (χ1) is 12.4. The molecule has 2 heterocycles. The van der Waals surface area contributed by atoms with Gasteiger partial charge in [0.1, 0.15) is 23.9 Å². The van der Waals surface area contributed by atoms with Crippen LogP contribution < -0.4 is 9.47 Å². The third-order valence-corrected chi connectivity index (χ3v) is 3.59. The zero-order valence-corrected chi connectivity index (χ0v) is 13.5. The lowest BCUT2D eigenvalue weighted by Crippen LogP contribution is -2.07. The number of hydrogen-bond acceptors (Lipinski definition) is 4. The van der Waals surface area contributed by atoms with Crippen molar-refractivity contribution in [3.63, 3.8) is 0 Å². The maximum atomic E-state index is 13.8. The molecule has 3 rings (SSSR count). The van der Waals surface area contributed by atoms with E-state index >= 15 is 0 Å². The molecule has 132 valence electrons. The predicted molar refractivity (Wildman–Crippen MR) is 87.2 cm³/mol. The topological polar surface area (TPSA) is 73.1 Å². The van der Waals surface area contributed by atoms with Crippen molar-refractivity contribution in [2.45, 2.75) is 13.5 Å². The number of imidazole rings is 1. The van der Waals surface area contributed by atoms with Gasteiger partial charge in [-0.15, -0.1) is 6.42 Å². The van der Waals surface area contributed by atoms with E-state index in [1.807, 2.05) is 0 Å². The second-order valence-corrected chi connectivity index (χ2v) is 5.29. The van der Waals surface area contributed by atoms with Crippen molar-refractivity contribution in [3.05, 3.63) is 58.9 Å². The van der Waals surface area contributed by atoms with Gasteiger partial charge in [-0.1, -0.05) is 12.0 Å². The summed E-state index contributed by atoms with van der Waals surface area (Å²) in [6, 6.07) is 4.95. The highest BCUT2D eigenvalue weighted by molar-refractivity contribution is 5.65. The van der Waals surface area contributed by atoms with E-state index in [1.54, 1.807) is 6.92 Å². The normalized spacial score (nSPS) is 10.5. The molecular formula is C18H12F2N2O4. The molecule has 0 atom stereocenters. The molecule has 0 bridgehead atoms. The van der Waals surface area contributed by atoms with Crippen LogP contribution in [0.5, 0.6) is 11.6 Å². The summed E-state index contributed by atoms with van der Waals surface area (Å²) in [6.07, 6.45) is 5.34. The fourth-order valence-corrected chi connectivity index (χ4v) is 2.42. The molecular weight excluding hydrogens is 346 g/mol.